The van der Waals surface area contributed by atoms with Crippen LogP contribution in [0.3, 0.4) is 0 Å². The fraction of sp³-hybridized carbons (Fsp3) is 0.957. The highest BCUT2D eigenvalue weighted by Gasteiger charge is 2.34. The molecule has 2 aliphatic carbocycles. The normalized spacial score (nSPS) is 39.1. The number of rotatable bonds is 5. The summed E-state index contributed by atoms with van der Waals surface area (Å²) in [6.45, 7) is 5.97. The zero-order valence-corrected chi connectivity index (χ0v) is 19.1. The van der Waals surface area contributed by atoms with Gasteiger partial charge in [0, 0.05) is 58.3 Å². The Morgan fingerprint density at radius 1 is 0.933 bits per heavy atom. The summed E-state index contributed by atoms with van der Waals surface area (Å²) in [7, 11) is 3.99. The van der Waals surface area contributed by atoms with E-state index in [0.29, 0.717) is 18.1 Å². The third-order valence-electron chi connectivity index (χ3n) is 8.13. The molecule has 0 radical (unpaired) electrons. The molecule has 2 saturated carbocycles. The summed E-state index contributed by atoms with van der Waals surface area (Å²) in [6.07, 6.45) is 10.0. The van der Waals surface area contributed by atoms with Crippen molar-refractivity contribution >= 4 is 5.91 Å². The lowest BCUT2D eigenvalue weighted by atomic mass is 9.78. The number of nitrogens with zero attached hydrogens (tertiary/aromatic N) is 2. The highest BCUT2D eigenvalue weighted by molar-refractivity contribution is 5.79. The van der Waals surface area contributed by atoms with E-state index in [-0.39, 0.29) is 12.2 Å². The van der Waals surface area contributed by atoms with Crippen LogP contribution < -0.4 is 16.0 Å². The number of carbonyl (C=O) groups is 1. The van der Waals surface area contributed by atoms with Crippen LogP contribution >= 0.6 is 0 Å². The number of piperazine rings is 1. The Morgan fingerprint density at radius 2 is 1.63 bits per heavy atom. The van der Waals surface area contributed by atoms with E-state index in [1.165, 1.54) is 32.1 Å². The van der Waals surface area contributed by atoms with Gasteiger partial charge in [-0.1, -0.05) is 6.42 Å². The lowest BCUT2D eigenvalue weighted by Gasteiger charge is -2.41. The van der Waals surface area contributed by atoms with E-state index in [1.807, 2.05) is 7.11 Å². The number of amides is 1. The smallest absolute Gasteiger partial charge is 0.225 e. The Bertz CT molecular complexity index is 538. The number of methoxy groups -OCH3 is 1. The van der Waals surface area contributed by atoms with Crippen molar-refractivity contribution in [2.45, 2.75) is 69.8 Å². The molecular weight excluding hydrogens is 378 g/mol. The number of likely N-dealkylation sites (N-methyl/N-ethyl adjacent to an activating group) is 1. The molecule has 0 spiro atoms. The molecule has 2 unspecified atom stereocenters. The molecule has 4 aliphatic rings. The van der Waals surface area contributed by atoms with Crippen LogP contribution in [0.2, 0.25) is 0 Å². The van der Waals surface area contributed by atoms with Crippen LogP contribution in [0.25, 0.3) is 0 Å². The molecule has 0 aromatic carbocycles. The molecule has 2 aliphatic heterocycles. The lowest BCUT2D eigenvalue weighted by molar-refractivity contribution is -0.138. The van der Waals surface area contributed by atoms with Crippen LogP contribution in [0.5, 0.6) is 0 Å². The fourth-order valence-corrected chi connectivity index (χ4v) is 6.02. The Labute approximate surface area is 182 Å². The first-order valence-corrected chi connectivity index (χ1v) is 12.4. The SMILES string of the molecule is COC1CCC(C2CNC(NC3CCCC(C(=O)N4CCN(C)CC4)C3)NC2)CC1. The molecule has 2 atom stereocenters. The largest absolute Gasteiger partial charge is 0.381 e. The average Bonchev–Trinajstić information content (AvgIpc) is 2.80. The highest BCUT2D eigenvalue weighted by Crippen LogP contribution is 2.32. The fourth-order valence-electron chi connectivity index (χ4n) is 6.02. The Hall–Kier alpha value is -0.730. The second-order valence-electron chi connectivity index (χ2n) is 10.1. The number of hydrogen-bond donors (Lipinski definition) is 3. The molecule has 0 aromatic heterocycles. The molecule has 7 heteroatoms. The van der Waals surface area contributed by atoms with Gasteiger partial charge in [0.05, 0.1) is 6.10 Å². The predicted molar refractivity (Wildman–Crippen MR) is 119 cm³/mol. The van der Waals surface area contributed by atoms with Gasteiger partial charge in [-0.3, -0.25) is 20.7 Å². The summed E-state index contributed by atoms with van der Waals surface area (Å²) in [5, 5.41) is 11.2. The number of nitrogens with one attached hydrogen (secondary N) is 3. The molecule has 2 saturated heterocycles. The summed E-state index contributed by atoms with van der Waals surface area (Å²) in [5.74, 6) is 2.13. The quantitative estimate of drug-likeness (QED) is 0.620. The lowest BCUT2D eigenvalue weighted by Crippen LogP contribution is -2.63. The summed E-state index contributed by atoms with van der Waals surface area (Å²) in [4.78, 5) is 17.4. The van der Waals surface area contributed by atoms with Crippen molar-refractivity contribution in [3.8, 4) is 0 Å². The first kappa shape index (κ1) is 22.5. The van der Waals surface area contributed by atoms with Gasteiger partial charge in [0.15, 0.2) is 0 Å². The molecule has 7 nitrogen and oxygen atoms in total. The van der Waals surface area contributed by atoms with E-state index < -0.39 is 0 Å². The van der Waals surface area contributed by atoms with Gasteiger partial charge in [-0.15, -0.1) is 0 Å². The van der Waals surface area contributed by atoms with Gasteiger partial charge in [-0.25, -0.2) is 0 Å². The molecule has 0 bridgehead atoms. The Balaban J connectivity index is 1.18. The summed E-state index contributed by atoms with van der Waals surface area (Å²) < 4.78 is 5.53. The van der Waals surface area contributed by atoms with Crippen molar-refractivity contribution in [2.75, 3.05) is 53.4 Å². The van der Waals surface area contributed by atoms with Gasteiger partial charge in [-0.2, -0.15) is 0 Å². The second kappa shape index (κ2) is 10.7. The van der Waals surface area contributed by atoms with E-state index in [0.717, 1.165) is 70.4 Å². The second-order valence-corrected chi connectivity index (χ2v) is 10.1. The Kier molecular flexibility index (Phi) is 8.03. The molecule has 0 aromatic rings. The van der Waals surface area contributed by atoms with Crippen LogP contribution in [-0.2, 0) is 9.53 Å². The monoisotopic (exact) mass is 421 g/mol. The minimum absolute atomic E-state index is 0.180. The summed E-state index contributed by atoms with van der Waals surface area (Å²) in [6, 6.07) is 0.429. The molecule has 1 amide bonds. The maximum absolute atomic E-state index is 13.0. The van der Waals surface area contributed by atoms with Gasteiger partial charge in [0.2, 0.25) is 5.91 Å². The Morgan fingerprint density at radius 3 is 2.30 bits per heavy atom. The van der Waals surface area contributed by atoms with Gasteiger partial charge >= 0.3 is 0 Å². The van der Waals surface area contributed by atoms with E-state index in [2.05, 4.69) is 32.8 Å². The van der Waals surface area contributed by atoms with Crippen molar-refractivity contribution in [2.24, 2.45) is 17.8 Å². The van der Waals surface area contributed by atoms with E-state index in [9.17, 15) is 4.79 Å². The van der Waals surface area contributed by atoms with Gasteiger partial charge < -0.3 is 14.5 Å². The van der Waals surface area contributed by atoms with Crippen molar-refractivity contribution < 1.29 is 9.53 Å². The van der Waals surface area contributed by atoms with Gasteiger partial charge in [-0.05, 0) is 63.8 Å². The number of carbonyl (C=O) groups excluding carboxylic acids is 1. The third-order valence-corrected chi connectivity index (χ3v) is 8.13. The highest BCUT2D eigenvalue weighted by atomic mass is 16.5. The molecule has 2 heterocycles. The summed E-state index contributed by atoms with van der Waals surface area (Å²) >= 11 is 0. The number of ether oxygens (including phenoxy) is 1. The zero-order chi connectivity index (χ0) is 20.9. The molecule has 3 N–H and O–H groups in total. The zero-order valence-electron chi connectivity index (χ0n) is 19.1. The first-order valence-electron chi connectivity index (χ1n) is 12.4. The average molecular weight is 422 g/mol. The van der Waals surface area contributed by atoms with Crippen LogP contribution in [0.1, 0.15) is 51.4 Å². The molecule has 172 valence electrons. The van der Waals surface area contributed by atoms with Crippen molar-refractivity contribution in [3.05, 3.63) is 0 Å². The van der Waals surface area contributed by atoms with Crippen molar-refractivity contribution in [1.29, 1.82) is 0 Å². The van der Waals surface area contributed by atoms with Crippen molar-refractivity contribution in [1.82, 2.24) is 25.8 Å². The third kappa shape index (κ3) is 5.74. The van der Waals surface area contributed by atoms with E-state index in [4.69, 9.17) is 4.74 Å². The van der Waals surface area contributed by atoms with Crippen LogP contribution in [0, 0.1) is 17.8 Å². The minimum atomic E-state index is 0.180. The first-order chi connectivity index (χ1) is 14.6. The minimum Gasteiger partial charge on any atom is -0.381 e. The van der Waals surface area contributed by atoms with Gasteiger partial charge in [0.25, 0.3) is 0 Å². The summed E-state index contributed by atoms with van der Waals surface area (Å²) in [5.41, 5.74) is 0. The molecule has 30 heavy (non-hydrogen) atoms. The number of hydrogen-bond acceptors (Lipinski definition) is 6. The van der Waals surface area contributed by atoms with Gasteiger partial charge in [0.1, 0.15) is 6.29 Å². The van der Waals surface area contributed by atoms with Crippen LogP contribution in [0.4, 0.5) is 0 Å². The topological polar surface area (TPSA) is 68.9 Å². The molecule has 4 rings (SSSR count). The van der Waals surface area contributed by atoms with Crippen molar-refractivity contribution in [3.63, 3.8) is 0 Å². The van der Waals surface area contributed by atoms with Crippen LogP contribution in [0.15, 0.2) is 0 Å². The standard InChI is InChI=1S/C23H43N5O2/c1-27-10-12-28(13-11-27)22(29)18-4-3-5-20(14-18)26-23-24-15-19(16-25-23)17-6-8-21(30-2)9-7-17/h17-21,23-26H,3-16H2,1-2H3. The maximum atomic E-state index is 13.0. The van der Waals surface area contributed by atoms with E-state index >= 15 is 0 Å². The predicted octanol–water partition coefficient (Wildman–Crippen LogP) is 1.21. The molecule has 4 fully saturated rings. The molecular formula is C23H43N5O2. The van der Waals surface area contributed by atoms with Crippen LogP contribution in [-0.4, -0.2) is 87.6 Å². The maximum Gasteiger partial charge on any atom is 0.225 e. The van der Waals surface area contributed by atoms with E-state index in [1.54, 1.807) is 0 Å².